The van der Waals surface area contributed by atoms with Crippen molar-refractivity contribution < 1.29 is 9.59 Å². The van der Waals surface area contributed by atoms with Crippen molar-refractivity contribution in [3.8, 4) is 0 Å². The van der Waals surface area contributed by atoms with Gasteiger partial charge >= 0.3 is 0 Å². The van der Waals surface area contributed by atoms with Crippen molar-refractivity contribution in [2.45, 2.75) is 25.9 Å². The van der Waals surface area contributed by atoms with Crippen LogP contribution in [0, 0.1) is 0 Å². The Balaban J connectivity index is 1.37. The van der Waals surface area contributed by atoms with Crippen molar-refractivity contribution in [1.29, 1.82) is 0 Å². The van der Waals surface area contributed by atoms with Gasteiger partial charge in [-0.2, -0.15) is 0 Å². The van der Waals surface area contributed by atoms with Gasteiger partial charge in [0.2, 0.25) is 5.91 Å². The predicted molar refractivity (Wildman–Crippen MR) is 114 cm³/mol. The zero-order valence-electron chi connectivity index (χ0n) is 16.5. The molecule has 0 aliphatic carbocycles. The average Bonchev–Trinajstić information content (AvgIpc) is 3.41. The number of hydrogen-bond donors (Lipinski definition) is 1. The Morgan fingerprint density at radius 3 is 2.90 bits per heavy atom. The minimum absolute atomic E-state index is 0.0230. The molecule has 1 atom stereocenters. The molecule has 1 N–H and O–H groups in total. The highest BCUT2D eigenvalue weighted by molar-refractivity contribution is 7.17. The van der Waals surface area contributed by atoms with Crippen LogP contribution in [0.3, 0.4) is 0 Å². The molecule has 0 saturated carbocycles. The van der Waals surface area contributed by atoms with Gasteiger partial charge in [-0.15, -0.1) is 11.3 Å². The molecule has 0 aromatic carbocycles. The maximum atomic E-state index is 12.7. The van der Waals surface area contributed by atoms with Crippen molar-refractivity contribution in [3.63, 3.8) is 0 Å². The number of fused-ring (bicyclic) bond motifs is 1. The number of amides is 2. The van der Waals surface area contributed by atoms with Crippen LogP contribution in [-0.4, -0.2) is 57.8 Å². The molecule has 1 aliphatic rings. The third kappa shape index (κ3) is 4.07. The quantitative estimate of drug-likeness (QED) is 0.701. The molecule has 29 heavy (non-hydrogen) atoms. The van der Waals surface area contributed by atoms with Crippen LogP contribution in [0.1, 0.15) is 29.3 Å². The number of carbonyl (C=O) groups is 2. The molecule has 3 aromatic rings. The molecule has 3 aromatic heterocycles. The third-order valence-electron chi connectivity index (χ3n) is 5.40. The summed E-state index contributed by atoms with van der Waals surface area (Å²) in [6, 6.07) is 5.76. The van der Waals surface area contributed by atoms with Crippen molar-refractivity contribution >= 4 is 39.1 Å². The van der Waals surface area contributed by atoms with E-state index in [0.29, 0.717) is 31.0 Å². The normalized spacial score (nSPS) is 16.2. The largest absolute Gasteiger partial charge is 0.366 e. The smallest absolute Gasteiger partial charge is 0.255 e. The summed E-state index contributed by atoms with van der Waals surface area (Å²) >= 11 is 1.70. The molecule has 1 fully saturated rings. The van der Waals surface area contributed by atoms with Gasteiger partial charge in [0.1, 0.15) is 5.82 Å². The van der Waals surface area contributed by atoms with Gasteiger partial charge in [0.15, 0.2) is 0 Å². The van der Waals surface area contributed by atoms with Gasteiger partial charge in [0, 0.05) is 67.8 Å². The van der Waals surface area contributed by atoms with Gasteiger partial charge in [-0.25, -0.2) is 4.98 Å². The summed E-state index contributed by atoms with van der Waals surface area (Å²) in [5, 5.41) is 6.50. The van der Waals surface area contributed by atoms with E-state index < -0.39 is 0 Å². The minimum Gasteiger partial charge on any atom is -0.366 e. The zero-order valence-corrected chi connectivity index (χ0v) is 17.3. The molecule has 0 spiro atoms. The Kier molecular flexibility index (Phi) is 5.44. The van der Waals surface area contributed by atoms with Crippen molar-refractivity contribution in [1.82, 2.24) is 19.8 Å². The molecule has 0 bridgehead atoms. The van der Waals surface area contributed by atoms with Crippen LogP contribution in [0.2, 0.25) is 0 Å². The van der Waals surface area contributed by atoms with Gasteiger partial charge in [0.25, 0.3) is 5.91 Å². The highest BCUT2D eigenvalue weighted by atomic mass is 32.1. The second-order valence-electron chi connectivity index (χ2n) is 7.25. The second kappa shape index (κ2) is 8.16. The maximum absolute atomic E-state index is 12.7. The number of nitrogens with one attached hydrogen (secondary N) is 1. The van der Waals surface area contributed by atoms with Crippen LogP contribution in [0.5, 0.6) is 0 Å². The molecule has 4 heterocycles. The lowest BCUT2D eigenvalue weighted by Crippen LogP contribution is -2.38. The number of anilines is 1. The van der Waals surface area contributed by atoms with Gasteiger partial charge < -0.3 is 15.1 Å². The molecule has 0 unspecified atom stereocenters. The van der Waals surface area contributed by atoms with Crippen LogP contribution >= 0.6 is 11.3 Å². The summed E-state index contributed by atoms with van der Waals surface area (Å²) in [7, 11) is 1.79. The van der Waals surface area contributed by atoms with E-state index in [1.165, 1.54) is 4.70 Å². The lowest BCUT2D eigenvalue weighted by Gasteiger charge is -2.23. The van der Waals surface area contributed by atoms with Crippen LogP contribution in [0.25, 0.3) is 10.1 Å². The topological polar surface area (TPSA) is 78.4 Å². The predicted octanol–water partition coefficient (Wildman–Crippen LogP) is 3.00. The Morgan fingerprint density at radius 2 is 2.14 bits per heavy atom. The summed E-state index contributed by atoms with van der Waals surface area (Å²) in [6.07, 6.45) is 6.14. The number of pyridine rings is 2. The summed E-state index contributed by atoms with van der Waals surface area (Å²) in [5.74, 6) is 0.691. The molecule has 0 radical (unpaired) electrons. The summed E-state index contributed by atoms with van der Waals surface area (Å²) in [6.45, 7) is 3.39. The van der Waals surface area contributed by atoms with Gasteiger partial charge in [-0.05, 0) is 30.0 Å². The fourth-order valence-electron chi connectivity index (χ4n) is 3.57. The van der Waals surface area contributed by atoms with Crippen LogP contribution in [0.15, 0.2) is 42.2 Å². The molecule has 2 amide bonds. The Morgan fingerprint density at radius 1 is 1.28 bits per heavy atom. The molecule has 4 rings (SSSR count). The highest BCUT2D eigenvalue weighted by Crippen LogP contribution is 2.24. The number of nitrogens with zero attached hydrogens (tertiary/aromatic N) is 4. The molecule has 8 heteroatoms. The number of thiophene rings is 1. The van der Waals surface area contributed by atoms with E-state index in [0.717, 1.165) is 17.4 Å². The Labute approximate surface area is 173 Å². The van der Waals surface area contributed by atoms with E-state index in [1.54, 1.807) is 47.4 Å². The van der Waals surface area contributed by atoms with Crippen LogP contribution < -0.4 is 5.32 Å². The summed E-state index contributed by atoms with van der Waals surface area (Å²) in [5.41, 5.74) is 1.68. The van der Waals surface area contributed by atoms with E-state index in [1.807, 2.05) is 18.5 Å². The lowest BCUT2D eigenvalue weighted by molar-refractivity contribution is -0.129. The highest BCUT2D eigenvalue weighted by Gasteiger charge is 2.30. The number of aromatic nitrogens is 2. The number of rotatable bonds is 5. The molecular weight excluding hydrogens is 386 g/mol. The first-order valence-corrected chi connectivity index (χ1v) is 10.4. The van der Waals surface area contributed by atoms with Crippen LogP contribution in [0.4, 0.5) is 5.82 Å². The van der Waals surface area contributed by atoms with Crippen molar-refractivity contribution in [2.75, 3.05) is 25.5 Å². The second-order valence-corrected chi connectivity index (χ2v) is 8.16. The van der Waals surface area contributed by atoms with E-state index in [4.69, 9.17) is 0 Å². The van der Waals surface area contributed by atoms with E-state index in [2.05, 4.69) is 26.7 Å². The SMILES string of the molecule is CC(=O)N(C)[C@H]1CCN(C(=O)c2ccc(NCc3cncc4ccsc34)nc2)C1. The van der Waals surface area contributed by atoms with Crippen molar-refractivity contribution in [2.24, 2.45) is 0 Å². The third-order valence-corrected chi connectivity index (χ3v) is 6.40. The van der Waals surface area contributed by atoms with Crippen molar-refractivity contribution in [3.05, 3.63) is 53.3 Å². The molecule has 7 nitrogen and oxygen atoms in total. The molecule has 150 valence electrons. The monoisotopic (exact) mass is 409 g/mol. The number of likely N-dealkylation sites (tertiary alicyclic amines) is 1. The van der Waals surface area contributed by atoms with Crippen LogP contribution in [-0.2, 0) is 11.3 Å². The number of likely N-dealkylation sites (N-methyl/N-ethyl adjacent to an activating group) is 1. The van der Waals surface area contributed by atoms with Gasteiger partial charge in [0.05, 0.1) is 11.6 Å². The molecule has 1 aliphatic heterocycles. The first-order chi connectivity index (χ1) is 14.0. The first kappa shape index (κ1) is 19.3. The standard InChI is InChI=1S/C21H23N5O2S/c1-14(27)25(2)18-5-7-26(13-18)21(28)16-3-4-19(23-11-16)24-12-17-10-22-9-15-6-8-29-20(15)17/h3-4,6,8-11,18H,5,7,12-13H2,1-2H3,(H,23,24)/t18-/m0/s1. The van der Waals surface area contributed by atoms with Gasteiger partial charge in [-0.3, -0.25) is 14.6 Å². The van der Waals surface area contributed by atoms with Gasteiger partial charge in [-0.1, -0.05) is 0 Å². The van der Waals surface area contributed by atoms with E-state index in [9.17, 15) is 9.59 Å². The number of carbonyl (C=O) groups excluding carboxylic acids is 2. The fraction of sp³-hybridized carbons (Fsp3) is 0.333. The Bertz CT molecular complexity index is 1030. The number of hydrogen-bond acceptors (Lipinski definition) is 6. The molecule has 1 saturated heterocycles. The lowest BCUT2D eigenvalue weighted by atomic mass is 10.2. The zero-order chi connectivity index (χ0) is 20.4. The summed E-state index contributed by atoms with van der Waals surface area (Å²) in [4.78, 5) is 36.5. The maximum Gasteiger partial charge on any atom is 0.255 e. The van der Waals surface area contributed by atoms with E-state index >= 15 is 0 Å². The average molecular weight is 410 g/mol. The fourth-order valence-corrected chi connectivity index (χ4v) is 4.45. The summed E-state index contributed by atoms with van der Waals surface area (Å²) < 4.78 is 1.22. The Hall–Kier alpha value is -3.00. The minimum atomic E-state index is -0.0453. The molecular formula is C21H23N5O2S. The van der Waals surface area contributed by atoms with E-state index in [-0.39, 0.29) is 17.9 Å². The first-order valence-electron chi connectivity index (χ1n) is 9.55.